The fourth-order valence-electron chi connectivity index (χ4n) is 0.791. The molecule has 2 nitrogen and oxygen atoms in total. The molecule has 1 aliphatic rings. The van der Waals surface area contributed by atoms with E-state index in [1.54, 1.807) is 7.11 Å². The van der Waals surface area contributed by atoms with Crippen LogP contribution in [-0.4, -0.2) is 32.0 Å². The number of ether oxygens (including phenoxy) is 2. The van der Waals surface area contributed by atoms with Gasteiger partial charge in [-0.2, -0.15) is 0 Å². The molecule has 0 radical (unpaired) electrons. The maximum atomic E-state index is 4.91. The normalized spacial score (nSPS) is 15.5. The molecule has 0 N–H and O–H groups in total. The van der Waals surface area contributed by atoms with Crippen LogP contribution in [-0.2, 0) is 9.47 Å². The molecule has 1 aliphatic heterocycles. The van der Waals surface area contributed by atoms with Crippen molar-refractivity contribution in [1.82, 2.24) is 0 Å². The Labute approximate surface area is 80.0 Å². The van der Waals surface area contributed by atoms with Crippen LogP contribution in [0.1, 0.15) is 26.2 Å². The summed E-state index contributed by atoms with van der Waals surface area (Å²) < 4.78 is 9.75. The Kier molecular flexibility index (Phi) is 11.5. The zero-order valence-corrected chi connectivity index (χ0v) is 8.99. The monoisotopic (exact) mass is 192 g/mol. The van der Waals surface area contributed by atoms with Gasteiger partial charge >= 0.3 is 0 Å². The van der Waals surface area contributed by atoms with Crippen LogP contribution in [0.25, 0.3) is 0 Å². The van der Waals surface area contributed by atoms with Crippen LogP contribution in [0.5, 0.6) is 0 Å². The lowest BCUT2D eigenvalue weighted by Gasteiger charge is -1.92. The number of rotatable bonds is 4. The highest BCUT2D eigenvalue weighted by Crippen LogP contribution is 2.06. The first-order valence-corrected chi connectivity index (χ1v) is 5.71. The Balaban J connectivity index is 0.000000211. The maximum Gasteiger partial charge on any atom is 0.0922 e. The minimum atomic E-state index is 0.917. The minimum absolute atomic E-state index is 0.917. The molecular formula is C9H20O2S. The van der Waals surface area contributed by atoms with Gasteiger partial charge in [0.1, 0.15) is 0 Å². The van der Waals surface area contributed by atoms with E-state index < -0.39 is 0 Å². The van der Waals surface area contributed by atoms with Crippen LogP contribution < -0.4 is 0 Å². The van der Waals surface area contributed by atoms with Gasteiger partial charge in [-0.15, -0.1) is 11.8 Å². The molecule has 0 aromatic rings. The number of hydrogen-bond donors (Lipinski definition) is 0. The van der Waals surface area contributed by atoms with Gasteiger partial charge in [-0.1, -0.05) is 19.8 Å². The van der Waals surface area contributed by atoms with Gasteiger partial charge in [0.25, 0.3) is 0 Å². The molecule has 1 saturated heterocycles. The van der Waals surface area contributed by atoms with Crippen molar-refractivity contribution in [3.63, 3.8) is 0 Å². The summed E-state index contributed by atoms with van der Waals surface area (Å²) in [5.41, 5.74) is 0. The van der Waals surface area contributed by atoms with Gasteiger partial charge in [-0.3, -0.25) is 0 Å². The Morgan fingerprint density at radius 3 is 2.58 bits per heavy atom. The Hall–Kier alpha value is 0.270. The maximum absolute atomic E-state index is 4.91. The van der Waals surface area contributed by atoms with E-state index >= 15 is 0 Å². The van der Waals surface area contributed by atoms with Crippen molar-refractivity contribution in [2.24, 2.45) is 0 Å². The number of thioether (sulfide) groups is 1. The van der Waals surface area contributed by atoms with Crippen LogP contribution in [0.3, 0.4) is 0 Å². The van der Waals surface area contributed by atoms with Crippen LogP contribution in [0.4, 0.5) is 0 Å². The topological polar surface area (TPSA) is 18.5 Å². The quantitative estimate of drug-likeness (QED) is 0.638. The van der Waals surface area contributed by atoms with E-state index in [-0.39, 0.29) is 0 Å². The standard InChI is InChI=1S/C6H14O.C3H6OS/c1-3-4-5-6-7-2;1-2-5-3-4-1/h3-6H2,1-2H3;1-3H2. The second-order valence-corrected chi connectivity index (χ2v) is 3.69. The molecule has 0 aliphatic carbocycles. The van der Waals surface area contributed by atoms with E-state index in [4.69, 9.17) is 9.47 Å². The van der Waals surface area contributed by atoms with E-state index in [9.17, 15) is 0 Å². The highest BCUT2D eigenvalue weighted by atomic mass is 32.2. The second kappa shape index (κ2) is 11.3. The summed E-state index contributed by atoms with van der Waals surface area (Å²) in [6, 6.07) is 0. The molecule has 1 fully saturated rings. The number of hydrogen-bond acceptors (Lipinski definition) is 3. The van der Waals surface area contributed by atoms with Crippen molar-refractivity contribution in [2.75, 3.05) is 32.0 Å². The Morgan fingerprint density at radius 1 is 1.42 bits per heavy atom. The SMILES string of the molecule is C1CSCO1.CCCCCOC. The summed E-state index contributed by atoms with van der Waals surface area (Å²) in [5.74, 6) is 2.11. The average molecular weight is 192 g/mol. The molecule has 0 saturated carbocycles. The van der Waals surface area contributed by atoms with Crippen molar-refractivity contribution in [1.29, 1.82) is 0 Å². The fourth-order valence-corrected chi connectivity index (χ4v) is 1.38. The Morgan fingerprint density at radius 2 is 2.25 bits per heavy atom. The number of methoxy groups -OCH3 is 1. The van der Waals surface area contributed by atoms with Crippen LogP contribution in [0.2, 0.25) is 0 Å². The summed E-state index contributed by atoms with van der Waals surface area (Å²) in [6.45, 7) is 4.08. The zero-order chi connectivity index (χ0) is 9.07. The van der Waals surface area contributed by atoms with Crippen molar-refractivity contribution in [3.05, 3.63) is 0 Å². The molecule has 3 heteroatoms. The first-order chi connectivity index (χ1) is 5.91. The smallest absolute Gasteiger partial charge is 0.0922 e. The number of unbranched alkanes of at least 4 members (excludes halogenated alkanes) is 2. The predicted molar refractivity (Wildman–Crippen MR) is 54.7 cm³/mol. The lowest BCUT2D eigenvalue weighted by Crippen LogP contribution is -1.85. The predicted octanol–water partition coefficient (Wildman–Crippen LogP) is 2.53. The zero-order valence-electron chi connectivity index (χ0n) is 8.17. The van der Waals surface area contributed by atoms with Crippen molar-refractivity contribution >= 4 is 11.8 Å². The van der Waals surface area contributed by atoms with Gasteiger partial charge in [0, 0.05) is 19.5 Å². The third-order valence-electron chi connectivity index (χ3n) is 1.49. The molecule has 0 amide bonds. The molecule has 1 rings (SSSR count). The van der Waals surface area contributed by atoms with Gasteiger partial charge in [0.05, 0.1) is 12.5 Å². The summed E-state index contributed by atoms with van der Waals surface area (Å²) in [6.07, 6.45) is 3.80. The van der Waals surface area contributed by atoms with Crippen molar-refractivity contribution in [2.45, 2.75) is 26.2 Å². The largest absolute Gasteiger partial charge is 0.385 e. The second-order valence-electron chi connectivity index (χ2n) is 2.63. The van der Waals surface area contributed by atoms with E-state index in [0.717, 1.165) is 19.2 Å². The average Bonchev–Trinajstić information content (AvgIpc) is 2.62. The fraction of sp³-hybridized carbons (Fsp3) is 1.00. The molecule has 0 bridgehead atoms. The van der Waals surface area contributed by atoms with Crippen molar-refractivity contribution in [3.8, 4) is 0 Å². The van der Waals surface area contributed by atoms with E-state index in [0.29, 0.717) is 0 Å². The van der Waals surface area contributed by atoms with E-state index in [1.165, 1.54) is 25.0 Å². The first-order valence-electron chi connectivity index (χ1n) is 4.56. The van der Waals surface area contributed by atoms with Gasteiger partial charge in [-0.25, -0.2) is 0 Å². The Bertz CT molecular complexity index is 63.3. The lowest BCUT2D eigenvalue weighted by molar-refractivity contribution is 0.192. The summed E-state index contributed by atoms with van der Waals surface area (Å²) in [7, 11) is 1.75. The molecule has 1 heterocycles. The van der Waals surface area contributed by atoms with Gasteiger partial charge in [-0.05, 0) is 6.42 Å². The first kappa shape index (κ1) is 12.3. The highest BCUT2D eigenvalue weighted by Gasteiger charge is 1.94. The van der Waals surface area contributed by atoms with Crippen molar-refractivity contribution < 1.29 is 9.47 Å². The summed E-state index contributed by atoms with van der Waals surface area (Å²) in [4.78, 5) is 0. The summed E-state index contributed by atoms with van der Waals surface area (Å²) in [5, 5.41) is 0. The van der Waals surface area contributed by atoms with Gasteiger partial charge in [0.15, 0.2) is 0 Å². The van der Waals surface area contributed by atoms with E-state index in [2.05, 4.69) is 6.92 Å². The minimum Gasteiger partial charge on any atom is -0.385 e. The van der Waals surface area contributed by atoms with Crippen LogP contribution in [0, 0.1) is 0 Å². The molecule has 12 heavy (non-hydrogen) atoms. The third kappa shape index (κ3) is 10.3. The van der Waals surface area contributed by atoms with Crippen LogP contribution in [0.15, 0.2) is 0 Å². The molecule has 0 atom stereocenters. The molecular weight excluding hydrogens is 172 g/mol. The molecule has 0 spiro atoms. The highest BCUT2D eigenvalue weighted by molar-refractivity contribution is 7.99. The third-order valence-corrected chi connectivity index (χ3v) is 2.28. The molecule has 0 unspecified atom stereocenters. The molecule has 0 aromatic carbocycles. The van der Waals surface area contributed by atoms with Gasteiger partial charge < -0.3 is 9.47 Å². The van der Waals surface area contributed by atoms with E-state index in [1.807, 2.05) is 11.8 Å². The molecule has 0 aromatic heterocycles. The lowest BCUT2D eigenvalue weighted by atomic mass is 10.3. The van der Waals surface area contributed by atoms with Crippen LogP contribution >= 0.6 is 11.8 Å². The van der Waals surface area contributed by atoms with Gasteiger partial charge in [0.2, 0.25) is 0 Å². The summed E-state index contributed by atoms with van der Waals surface area (Å²) >= 11 is 1.85. The molecule has 74 valence electrons.